The van der Waals surface area contributed by atoms with Crippen LogP contribution < -0.4 is 4.90 Å². The van der Waals surface area contributed by atoms with Crippen molar-refractivity contribution in [1.29, 1.82) is 0 Å². The van der Waals surface area contributed by atoms with Crippen LogP contribution in [0, 0.1) is 5.41 Å². The number of amides is 1. The number of nitrogens with zero attached hydrogens (tertiary/aromatic N) is 1. The first-order valence-electron chi connectivity index (χ1n) is 7.12. The Kier molecular flexibility index (Phi) is 4.12. The predicted octanol–water partition coefficient (Wildman–Crippen LogP) is 3.32. The fourth-order valence-corrected chi connectivity index (χ4v) is 3.18. The lowest BCUT2D eigenvalue weighted by Gasteiger charge is -2.32. The molecule has 4 nitrogen and oxygen atoms in total. The van der Waals surface area contributed by atoms with Gasteiger partial charge in [-0.3, -0.25) is 4.79 Å². The number of benzene rings is 1. The van der Waals surface area contributed by atoms with Crippen LogP contribution in [0.1, 0.15) is 49.4 Å². The summed E-state index contributed by atoms with van der Waals surface area (Å²) in [5.41, 5.74) is 0.345. The smallest absolute Gasteiger partial charge is 0.337 e. The summed E-state index contributed by atoms with van der Waals surface area (Å²) in [6.07, 6.45) is 4.78. The third-order valence-corrected chi connectivity index (χ3v) is 4.49. The van der Waals surface area contributed by atoms with E-state index in [-0.39, 0.29) is 16.9 Å². The second-order valence-corrected chi connectivity index (χ2v) is 5.53. The average Bonchev–Trinajstić information content (AvgIpc) is 2.95. The zero-order valence-electron chi connectivity index (χ0n) is 12.1. The number of carboxylic acids is 1. The van der Waals surface area contributed by atoms with Crippen molar-refractivity contribution < 1.29 is 14.7 Å². The first-order valence-corrected chi connectivity index (χ1v) is 7.12. The number of carboxylic acid groups (broad SMARTS) is 1. The Morgan fingerprint density at radius 3 is 2.40 bits per heavy atom. The van der Waals surface area contributed by atoms with Crippen molar-refractivity contribution in [2.24, 2.45) is 5.41 Å². The van der Waals surface area contributed by atoms with E-state index in [1.165, 1.54) is 11.0 Å². The van der Waals surface area contributed by atoms with Crippen LogP contribution in [0.3, 0.4) is 0 Å². The number of para-hydroxylation sites is 1. The Labute approximate surface area is 119 Å². The summed E-state index contributed by atoms with van der Waals surface area (Å²) < 4.78 is 0. The Balaban J connectivity index is 2.34. The van der Waals surface area contributed by atoms with Gasteiger partial charge in [-0.2, -0.15) is 0 Å². The van der Waals surface area contributed by atoms with Gasteiger partial charge in [0.05, 0.1) is 11.3 Å². The summed E-state index contributed by atoms with van der Waals surface area (Å²) in [5, 5.41) is 9.25. The second-order valence-electron chi connectivity index (χ2n) is 5.53. The summed E-state index contributed by atoms with van der Waals surface area (Å²) >= 11 is 0. The molecule has 1 aliphatic rings. The second kappa shape index (κ2) is 5.65. The summed E-state index contributed by atoms with van der Waals surface area (Å²) in [7, 11) is 1.68. The average molecular weight is 275 g/mol. The highest BCUT2D eigenvalue weighted by Crippen LogP contribution is 2.43. The number of rotatable bonds is 4. The van der Waals surface area contributed by atoms with Gasteiger partial charge in [0.1, 0.15) is 0 Å². The van der Waals surface area contributed by atoms with E-state index in [4.69, 9.17) is 0 Å². The Morgan fingerprint density at radius 1 is 1.25 bits per heavy atom. The van der Waals surface area contributed by atoms with E-state index in [2.05, 4.69) is 0 Å². The molecule has 1 aromatic rings. The lowest BCUT2D eigenvalue weighted by atomic mass is 9.82. The van der Waals surface area contributed by atoms with E-state index >= 15 is 0 Å². The molecule has 1 amide bonds. The van der Waals surface area contributed by atoms with Crippen LogP contribution in [-0.4, -0.2) is 24.0 Å². The zero-order chi connectivity index (χ0) is 14.8. The maximum absolute atomic E-state index is 12.8. The molecule has 1 fully saturated rings. The topological polar surface area (TPSA) is 57.6 Å². The van der Waals surface area contributed by atoms with Crippen LogP contribution in [0.15, 0.2) is 24.3 Å². The molecule has 0 bridgehead atoms. The molecule has 0 radical (unpaired) electrons. The highest BCUT2D eigenvalue weighted by molar-refractivity contribution is 6.03. The number of carbonyl (C=O) groups is 2. The van der Waals surface area contributed by atoms with Crippen molar-refractivity contribution in [3.05, 3.63) is 29.8 Å². The van der Waals surface area contributed by atoms with Gasteiger partial charge in [-0.1, -0.05) is 31.9 Å². The van der Waals surface area contributed by atoms with Gasteiger partial charge >= 0.3 is 5.97 Å². The maximum atomic E-state index is 12.8. The first kappa shape index (κ1) is 14.6. The van der Waals surface area contributed by atoms with Gasteiger partial charge in [0.25, 0.3) is 0 Å². The summed E-state index contributed by atoms with van der Waals surface area (Å²) in [5.74, 6) is -0.955. The van der Waals surface area contributed by atoms with Crippen LogP contribution in [0.5, 0.6) is 0 Å². The van der Waals surface area contributed by atoms with Gasteiger partial charge in [-0.25, -0.2) is 4.79 Å². The van der Waals surface area contributed by atoms with E-state index in [0.29, 0.717) is 5.69 Å². The Bertz CT molecular complexity index is 518. The molecule has 1 aromatic carbocycles. The fourth-order valence-electron chi connectivity index (χ4n) is 3.18. The molecule has 4 heteroatoms. The Morgan fingerprint density at radius 2 is 1.85 bits per heavy atom. The zero-order valence-corrected chi connectivity index (χ0v) is 12.1. The van der Waals surface area contributed by atoms with E-state index in [9.17, 15) is 14.7 Å². The third kappa shape index (κ3) is 2.42. The molecule has 1 aliphatic carbocycles. The predicted molar refractivity (Wildman–Crippen MR) is 78.0 cm³/mol. The van der Waals surface area contributed by atoms with Gasteiger partial charge in [-0.05, 0) is 31.4 Å². The summed E-state index contributed by atoms with van der Waals surface area (Å²) in [4.78, 5) is 25.6. The minimum atomic E-state index is -1.00. The molecular weight excluding hydrogens is 254 g/mol. The maximum Gasteiger partial charge on any atom is 0.337 e. The van der Waals surface area contributed by atoms with Crippen molar-refractivity contribution in [2.75, 3.05) is 11.9 Å². The quantitative estimate of drug-likeness (QED) is 0.917. The molecule has 0 heterocycles. The van der Waals surface area contributed by atoms with Crippen molar-refractivity contribution >= 4 is 17.6 Å². The minimum absolute atomic E-state index is 0.0474. The largest absolute Gasteiger partial charge is 0.478 e. The SMILES string of the molecule is CCC1(C(=O)N(C)c2ccccc2C(=O)O)CCCC1. The van der Waals surface area contributed by atoms with E-state index in [0.717, 1.165) is 32.1 Å². The molecule has 0 aliphatic heterocycles. The van der Waals surface area contributed by atoms with Crippen molar-refractivity contribution in [1.82, 2.24) is 0 Å². The standard InChI is InChI=1S/C16H21NO3/c1-3-16(10-6-7-11-16)15(20)17(2)13-9-5-4-8-12(13)14(18)19/h4-5,8-9H,3,6-7,10-11H2,1-2H3,(H,18,19). The minimum Gasteiger partial charge on any atom is -0.478 e. The number of carbonyl (C=O) groups excluding carboxylic acids is 1. The fraction of sp³-hybridized carbons (Fsp3) is 0.500. The summed E-state index contributed by atoms with van der Waals surface area (Å²) in [6.45, 7) is 2.04. The van der Waals surface area contributed by atoms with Crippen molar-refractivity contribution in [2.45, 2.75) is 39.0 Å². The highest BCUT2D eigenvalue weighted by Gasteiger charge is 2.41. The molecule has 0 atom stereocenters. The molecule has 0 unspecified atom stereocenters. The van der Waals surface area contributed by atoms with Crippen LogP contribution in [-0.2, 0) is 4.79 Å². The molecule has 108 valence electrons. The van der Waals surface area contributed by atoms with Gasteiger partial charge in [0.2, 0.25) is 5.91 Å². The first-order chi connectivity index (χ1) is 9.52. The molecule has 0 saturated heterocycles. The number of hydrogen-bond donors (Lipinski definition) is 1. The van der Waals surface area contributed by atoms with Crippen LogP contribution >= 0.6 is 0 Å². The van der Waals surface area contributed by atoms with Gasteiger partial charge < -0.3 is 10.0 Å². The number of hydrogen-bond acceptors (Lipinski definition) is 2. The van der Waals surface area contributed by atoms with Crippen LogP contribution in [0.2, 0.25) is 0 Å². The van der Waals surface area contributed by atoms with Crippen molar-refractivity contribution in [3.63, 3.8) is 0 Å². The van der Waals surface area contributed by atoms with Gasteiger partial charge in [0, 0.05) is 12.5 Å². The van der Waals surface area contributed by atoms with Gasteiger partial charge in [0.15, 0.2) is 0 Å². The van der Waals surface area contributed by atoms with E-state index in [1.54, 1.807) is 25.2 Å². The molecule has 0 aromatic heterocycles. The monoisotopic (exact) mass is 275 g/mol. The third-order valence-electron chi connectivity index (χ3n) is 4.49. The molecule has 2 rings (SSSR count). The lowest BCUT2D eigenvalue weighted by Crippen LogP contribution is -2.40. The van der Waals surface area contributed by atoms with Crippen LogP contribution in [0.4, 0.5) is 5.69 Å². The van der Waals surface area contributed by atoms with E-state index in [1.807, 2.05) is 6.92 Å². The number of anilines is 1. The summed E-state index contributed by atoms with van der Waals surface area (Å²) in [6, 6.07) is 6.67. The molecular formula is C16H21NO3. The Hall–Kier alpha value is -1.84. The van der Waals surface area contributed by atoms with Gasteiger partial charge in [-0.15, -0.1) is 0 Å². The highest BCUT2D eigenvalue weighted by atomic mass is 16.4. The molecule has 20 heavy (non-hydrogen) atoms. The molecule has 0 spiro atoms. The molecule has 1 N–H and O–H groups in total. The van der Waals surface area contributed by atoms with E-state index < -0.39 is 5.97 Å². The lowest BCUT2D eigenvalue weighted by molar-refractivity contribution is -0.127. The molecule has 1 saturated carbocycles. The van der Waals surface area contributed by atoms with Crippen LogP contribution in [0.25, 0.3) is 0 Å². The normalized spacial score (nSPS) is 16.9. The number of aromatic carboxylic acids is 1. The van der Waals surface area contributed by atoms with Crippen molar-refractivity contribution in [3.8, 4) is 0 Å².